The number of aliphatic hydroxyl groups excluding tert-OH is 1. The minimum absolute atomic E-state index is 0.258. The minimum Gasteiger partial charge on any atom is -0.481 e. The average Bonchev–Trinajstić information content (AvgIpc) is 2.65. The van der Waals surface area contributed by atoms with Crippen molar-refractivity contribution in [3.05, 3.63) is 83.2 Å². The largest absolute Gasteiger partial charge is 0.481 e. The lowest BCUT2D eigenvalue weighted by Crippen LogP contribution is -2.23. The van der Waals surface area contributed by atoms with Crippen LogP contribution in [0, 0.1) is 5.82 Å². The van der Waals surface area contributed by atoms with Gasteiger partial charge in [-0.25, -0.2) is 4.39 Å². The molecule has 0 amide bonds. The maximum absolute atomic E-state index is 13.5. The first-order valence-electron chi connectivity index (χ1n) is 9.56. The molecule has 2 aromatic carbocycles. The number of Topliss-reactive ketones (excluding diaryl/α,β-unsaturated/α-hetero) is 1. The molecule has 0 fully saturated rings. The summed E-state index contributed by atoms with van der Waals surface area (Å²) in [5.41, 5.74) is 3.75. The summed E-state index contributed by atoms with van der Waals surface area (Å²) in [6.07, 6.45) is 1.36. The Bertz CT molecular complexity index is 1020. The molecule has 2 aromatic rings. The van der Waals surface area contributed by atoms with Crippen molar-refractivity contribution in [2.45, 2.75) is 42.4 Å². The van der Waals surface area contributed by atoms with Gasteiger partial charge >= 0.3 is 5.97 Å². The molecule has 1 aliphatic heterocycles. The number of rotatable bonds is 7. The Hall–Kier alpha value is -2.70. The predicted octanol–water partition coefficient (Wildman–Crippen LogP) is 4.86. The van der Waals surface area contributed by atoms with Gasteiger partial charge in [-0.2, -0.15) is 0 Å². The number of carbonyl (C=O) groups is 2. The van der Waals surface area contributed by atoms with Crippen LogP contribution >= 0.6 is 11.8 Å². The number of carboxylic acid groups (broad SMARTS) is 1. The Labute approximate surface area is 179 Å². The topological polar surface area (TPSA) is 74.6 Å². The average molecular weight is 427 g/mol. The Morgan fingerprint density at radius 1 is 1.13 bits per heavy atom. The van der Waals surface area contributed by atoms with Crippen molar-refractivity contribution in [2.24, 2.45) is 0 Å². The number of allylic oxidation sites excluding steroid dienone is 1. The van der Waals surface area contributed by atoms with Crippen molar-refractivity contribution in [3.8, 4) is 0 Å². The number of aliphatic carboxylic acids is 1. The van der Waals surface area contributed by atoms with E-state index in [0.717, 1.165) is 27.2 Å². The van der Waals surface area contributed by atoms with Crippen LogP contribution in [-0.2, 0) is 9.59 Å². The van der Waals surface area contributed by atoms with Gasteiger partial charge in [0.05, 0.1) is 6.10 Å². The second-order valence-electron chi connectivity index (χ2n) is 7.64. The highest BCUT2D eigenvalue weighted by Gasteiger charge is 2.33. The number of aliphatic hydroxyl groups is 1. The van der Waals surface area contributed by atoms with Crippen LogP contribution < -0.4 is 0 Å². The Morgan fingerprint density at radius 3 is 2.47 bits per heavy atom. The van der Waals surface area contributed by atoms with E-state index >= 15 is 0 Å². The maximum atomic E-state index is 13.5. The van der Waals surface area contributed by atoms with E-state index in [2.05, 4.69) is 13.8 Å². The summed E-state index contributed by atoms with van der Waals surface area (Å²) in [5, 5.41) is 19.0. The van der Waals surface area contributed by atoms with Crippen LogP contribution in [-0.4, -0.2) is 32.8 Å². The number of carboxylic acids is 1. The van der Waals surface area contributed by atoms with Gasteiger partial charge in [-0.3, -0.25) is 9.59 Å². The number of ketones is 1. The molecule has 3 rings (SSSR count). The monoisotopic (exact) mass is 426 g/mol. The van der Waals surface area contributed by atoms with E-state index in [1.54, 1.807) is 30.0 Å². The van der Waals surface area contributed by atoms with Gasteiger partial charge in [0, 0.05) is 16.1 Å². The lowest BCUT2D eigenvalue weighted by Gasteiger charge is -2.35. The third kappa shape index (κ3) is 5.07. The van der Waals surface area contributed by atoms with E-state index in [1.807, 2.05) is 24.3 Å². The van der Waals surface area contributed by atoms with Gasteiger partial charge in [0.25, 0.3) is 0 Å². The molecule has 156 valence electrons. The Kier molecular flexibility index (Phi) is 6.58. The van der Waals surface area contributed by atoms with E-state index in [1.165, 1.54) is 18.2 Å². The molecule has 0 aliphatic carbocycles. The number of halogens is 1. The first-order valence-corrected chi connectivity index (χ1v) is 10.4. The molecule has 4 nitrogen and oxygen atoms in total. The molecule has 1 atom stereocenters. The number of thioether (sulfide) groups is 1. The van der Waals surface area contributed by atoms with E-state index in [4.69, 9.17) is 5.11 Å². The van der Waals surface area contributed by atoms with Crippen LogP contribution in [0.2, 0.25) is 0 Å². The van der Waals surface area contributed by atoms with Gasteiger partial charge in [0.15, 0.2) is 0 Å². The van der Waals surface area contributed by atoms with Crippen LogP contribution in [0.25, 0.3) is 5.57 Å². The van der Waals surface area contributed by atoms with Crippen LogP contribution in [0.5, 0.6) is 0 Å². The second-order valence-corrected chi connectivity index (χ2v) is 9.31. The fourth-order valence-electron chi connectivity index (χ4n) is 3.50. The SMILES string of the molecule is CC1(C)Sc2ccccc2C(c2ccc(F)cc2)=C1C=CC(O)CC(=O)CC(=O)O. The minimum atomic E-state index is -1.21. The highest BCUT2D eigenvalue weighted by Crippen LogP contribution is 2.50. The van der Waals surface area contributed by atoms with Crippen molar-refractivity contribution >= 4 is 29.1 Å². The lowest BCUT2D eigenvalue weighted by molar-refractivity contribution is -0.140. The predicted molar refractivity (Wildman–Crippen MR) is 116 cm³/mol. The maximum Gasteiger partial charge on any atom is 0.310 e. The van der Waals surface area contributed by atoms with Crippen LogP contribution in [0.3, 0.4) is 0 Å². The van der Waals surface area contributed by atoms with Crippen LogP contribution in [0.15, 0.2) is 71.2 Å². The summed E-state index contributed by atoms with van der Waals surface area (Å²) in [4.78, 5) is 23.5. The zero-order valence-corrected chi connectivity index (χ0v) is 17.6. The van der Waals surface area contributed by atoms with Crippen molar-refractivity contribution < 1.29 is 24.2 Å². The second kappa shape index (κ2) is 8.98. The van der Waals surface area contributed by atoms with Crippen molar-refractivity contribution in [2.75, 3.05) is 0 Å². The standard InChI is InChI=1S/C24H23FO4S/c1-24(2)20(12-11-17(26)13-18(27)14-22(28)29)23(15-7-9-16(25)10-8-15)19-5-3-4-6-21(19)30-24/h3-12,17,26H,13-14H2,1-2H3,(H,28,29). The fourth-order valence-corrected chi connectivity index (χ4v) is 4.76. The third-order valence-corrected chi connectivity index (χ3v) is 6.15. The van der Waals surface area contributed by atoms with E-state index in [9.17, 15) is 19.1 Å². The molecule has 30 heavy (non-hydrogen) atoms. The van der Waals surface area contributed by atoms with E-state index in [0.29, 0.717) is 0 Å². The molecule has 0 saturated heterocycles. The molecule has 0 radical (unpaired) electrons. The first kappa shape index (κ1) is 22.0. The zero-order chi connectivity index (χ0) is 21.9. The van der Waals surface area contributed by atoms with Crippen LogP contribution in [0.1, 0.15) is 37.8 Å². The molecule has 1 aliphatic rings. The molecule has 6 heteroatoms. The van der Waals surface area contributed by atoms with Gasteiger partial charge in [0.1, 0.15) is 18.0 Å². The summed E-state index contributed by atoms with van der Waals surface area (Å²) < 4.78 is 13.2. The molecular weight excluding hydrogens is 403 g/mol. The van der Waals surface area contributed by atoms with Gasteiger partial charge in [-0.15, -0.1) is 11.8 Å². The molecule has 0 bridgehead atoms. The highest BCUT2D eigenvalue weighted by molar-refractivity contribution is 8.01. The first-order chi connectivity index (χ1) is 14.2. The summed E-state index contributed by atoms with van der Waals surface area (Å²) >= 11 is 1.69. The molecule has 1 heterocycles. The van der Waals surface area contributed by atoms with Gasteiger partial charge in [0.2, 0.25) is 0 Å². The van der Waals surface area contributed by atoms with Gasteiger partial charge in [-0.1, -0.05) is 42.5 Å². The number of fused-ring (bicyclic) bond motifs is 1. The quantitative estimate of drug-likeness (QED) is 0.619. The van der Waals surface area contributed by atoms with E-state index < -0.39 is 24.3 Å². The molecule has 0 aromatic heterocycles. The van der Waals surface area contributed by atoms with Crippen molar-refractivity contribution in [1.82, 2.24) is 0 Å². The van der Waals surface area contributed by atoms with Gasteiger partial charge in [-0.05, 0) is 54.3 Å². The third-order valence-electron chi connectivity index (χ3n) is 4.84. The summed E-state index contributed by atoms with van der Waals surface area (Å²) in [6.45, 7) is 4.14. The molecule has 1 unspecified atom stereocenters. The summed E-state index contributed by atoms with van der Waals surface area (Å²) in [7, 11) is 0. The number of hydrogen-bond donors (Lipinski definition) is 2. The lowest BCUT2D eigenvalue weighted by atomic mass is 9.86. The van der Waals surface area contributed by atoms with Crippen LogP contribution in [0.4, 0.5) is 4.39 Å². The number of benzene rings is 2. The molecule has 0 saturated carbocycles. The number of hydrogen-bond acceptors (Lipinski definition) is 4. The summed E-state index contributed by atoms with van der Waals surface area (Å²) in [6, 6.07) is 14.3. The Morgan fingerprint density at radius 2 is 1.80 bits per heavy atom. The smallest absolute Gasteiger partial charge is 0.310 e. The molecule has 0 spiro atoms. The molecular formula is C24H23FO4S. The summed E-state index contributed by atoms with van der Waals surface area (Å²) in [5.74, 6) is -2.06. The highest BCUT2D eigenvalue weighted by atomic mass is 32.2. The fraction of sp³-hybridized carbons (Fsp3) is 0.250. The zero-order valence-electron chi connectivity index (χ0n) is 16.8. The van der Waals surface area contributed by atoms with Gasteiger partial charge < -0.3 is 10.2 Å². The van der Waals surface area contributed by atoms with E-state index in [-0.39, 0.29) is 17.0 Å². The number of carbonyl (C=O) groups excluding carboxylic acids is 1. The Balaban J connectivity index is 2.05. The normalized spacial score (nSPS) is 16.4. The van der Waals surface area contributed by atoms with Crippen molar-refractivity contribution in [1.29, 1.82) is 0 Å². The van der Waals surface area contributed by atoms with Crippen molar-refractivity contribution in [3.63, 3.8) is 0 Å². The molecule has 2 N–H and O–H groups in total.